The second kappa shape index (κ2) is 3.24. The average Bonchev–Trinajstić information content (AvgIpc) is 1.80. The van der Waals surface area contributed by atoms with E-state index in [1.54, 1.807) is 0 Å². The Morgan fingerprint density at radius 3 is 2.33 bits per heavy atom. The Morgan fingerprint density at radius 1 is 1.22 bits per heavy atom. The molecule has 0 aromatic carbocycles. The quantitative estimate of drug-likeness (QED) is 0.389. The fourth-order valence-electron chi connectivity index (χ4n) is 1.15. The summed E-state index contributed by atoms with van der Waals surface area (Å²) < 4.78 is 0. The third kappa shape index (κ3) is 2.12. The minimum Gasteiger partial charge on any atom is -0.176 e. The van der Waals surface area contributed by atoms with Crippen molar-refractivity contribution < 1.29 is 0 Å². The topological polar surface area (TPSA) is 0 Å². The van der Waals surface area contributed by atoms with Crippen LogP contribution in [0.3, 0.4) is 0 Å². The maximum Gasteiger partial charge on any atom is 0.0714 e. The third-order valence-corrected chi connectivity index (χ3v) is 2.90. The van der Waals surface area contributed by atoms with Crippen LogP contribution in [0, 0.1) is 0 Å². The Bertz CT molecular complexity index is 97.1. The maximum absolute atomic E-state index is 5.73. The molecule has 0 spiro atoms. The van der Waals surface area contributed by atoms with Gasteiger partial charge in [0.25, 0.3) is 0 Å². The summed E-state index contributed by atoms with van der Waals surface area (Å²) in [6, 6.07) is 0. The van der Waals surface area contributed by atoms with Gasteiger partial charge in [-0.15, -0.1) is 0 Å². The lowest BCUT2D eigenvalue weighted by atomic mass is 9.75. The first-order valence-electron chi connectivity index (χ1n) is 3.32. The third-order valence-electron chi connectivity index (χ3n) is 1.84. The van der Waals surface area contributed by atoms with Gasteiger partial charge in [0.05, 0.1) is 7.85 Å². The van der Waals surface area contributed by atoms with Crippen LogP contribution in [0.2, 0.25) is 5.82 Å². The molecule has 0 aliphatic heterocycles. The lowest BCUT2D eigenvalue weighted by Crippen LogP contribution is -2.21. The zero-order valence-electron chi connectivity index (χ0n) is 5.33. The van der Waals surface area contributed by atoms with Gasteiger partial charge in [0.2, 0.25) is 0 Å². The Hall–Kier alpha value is 0.765. The van der Waals surface area contributed by atoms with Gasteiger partial charge in [0, 0.05) is 5.25 Å². The van der Waals surface area contributed by atoms with E-state index in [1.807, 2.05) is 0 Å². The summed E-state index contributed by atoms with van der Waals surface area (Å²) in [7, 11) is 5.73. The van der Waals surface area contributed by atoms with Gasteiger partial charge in [-0.1, -0.05) is 12.2 Å². The van der Waals surface area contributed by atoms with Gasteiger partial charge in [-0.2, -0.15) is 25.3 Å². The molecule has 0 N–H and O–H groups in total. The molecule has 0 aromatic heterocycles. The first kappa shape index (κ1) is 7.87. The van der Waals surface area contributed by atoms with E-state index in [0.717, 1.165) is 19.3 Å². The van der Waals surface area contributed by atoms with E-state index in [-0.39, 0.29) is 0 Å². The molecule has 1 rings (SSSR count). The lowest BCUT2D eigenvalue weighted by Gasteiger charge is -2.28. The van der Waals surface area contributed by atoms with Gasteiger partial charge < -0.3 is 0 Å². The van der Waals surface area contributed by atoms with Crippen LogP contribution in [-0.2, 0) is 0 Å². The van der Waals surface area contributed by atoms with E-state index >= 15 is 0 Å². The van der Waals surface area contributed by atoms with Crippen molar-refractivity contribution in [2.24, 2.45) is 0 Å². The molecule has 1 aliphatic carbocycles. The minimum atomic E-state index is 0.303. The first-order valence-corrected chi connectivity index (χ1v) is 4.35. The van der Waals surface area contributed by atoms with E-state index in [4.69, 9.17) is 7.85 Å². The highest BCUT2D eigenvalue weighted by Gasteiger charge is 2.21. The van der Waals surface area contributed by atoms with Crippen LogP contribution in [0.15, 0.2) is 0 Å². The van der Waals surface area contributed by atoms with Gasteiger partial charge in [-0.3, -0.25) is 0 Å². The molecule has 3 atom stereocenters. The maximum atomic E-state index is 5.73. The van der Waals surface area contributed by atoms with Crippen LogP contribution in [0.25, 0.3) is 0 Å². The summed E-state index contributed by atoms with van der Waals surface area (Å²) in [6.07, 6.45) is 3.30. The number of hydrogen-bond donors (Lipinski definition) is 2. The molecule has 0 amide bonds. The molecule has 50 valence electrons. The van der Waals surface area contributed by atoms with Gasteiger partial charge in [-0.05, 0) is 18.1 Å². The van der Waals surface area contributed by atoms with Crippen molar-refractivity contribution in [2.75, 3.05) is 0 Å². The summed E-state index contributed by atoms with van der Waals surface area (Å²) in [5.74, 6) is 0.303. The Kier molecular flexibility index (Phi) is 2.84. The summed E-state index contributed by atoms with van der Waals surface area (Å²) in [4.78, 5) is 0. The van der Waals surface area contributed by atoms with Gasteiger partial charge in [-0.25, -0.2) is 0 Å². The molecule has 0 nitrogen and oxygen atoms in total. The van der Waals surface area contributed by atoms with E-state index in [9.17, 15) is 0 Å². The predicted octanol–water partition coefficient (Wildman–Crippen LogP) is 1.72. The molecule has 0 heterocycles. The van der Waals surface area contributed by atoms with Crippen molar-refractivity contribution in [3.63, 3.8) is 0 Å². The molecular formula is C6H11BS2. The first-order chi connectivity index (χ1) is 4.20. The van der Waals surface area contributed by atoms with Crippen LogP contribution in [0.4, 0.5) is 0 Å². The van der Waals surface area contributed by atoms with Crippen LogP contribution < -0.4 is 0 Å². The van der Waals surface area contributed by atoms with Crippen LogP contribution in [0.5, 0.6) is 0 Å². The zero-order chi connectivity index (χ0) is 6.85. The Morgan fingerprint density at radius 2 is 1.89 bits per heavy atom. The zero-order valence-corrected chi connectivity index (χ0v) is 7.11. The lowest BCUT2D eigenvalue weighted by molar-refractivity contribution is 0.532. The molecule has 1 saturated carbocycles. The molecule has 0 saturated heterocycles. The van der Waals surface area contributed by atoms with Gasteiger partial charge in [0.1, 0.15) is 0 Å². The Labute approximate surface area is 69.0 Å². The predicted molar refractivity (Wildman–Crippen MR) is 48.9 cm³/mol. The molecule has 1 aliphatic rings. The van der Waals surface area contributed by atoms with Crippen molar-refractivity contribution in [1.29, 1.82) is 0 Å². The van der Waals surface area contributed by atoms with Crippen LogP contribution in [0.1, 0.15) is 19.3 Å². The molecule has 2 radical (unpaired) electrons. The number of thiol groups is 2. The smallest absolute Gasteiger partial charge is 0.0714 e. The molecular weight excluding hydrogens is 147 g/mol. The highest BCUT2D eigenvalue weighted by Crippen LogP contribution is 2.32. The fourth-order valence-corrected chi connectivity index (χ4v) is 2.09. The van der Waals surface area contributed by atoms with Gasteiger partial charge >= 0.3 is 0 Å². The SMILES string of the molecule is [B]C1CCC(S)CC1S. The van der Waals surface area contributed by atoms with Crippen molar-refractivity contribution in [3.05, 3.63) is 0 Å². The molecule has 3 unspecified atom stereocenters. The Balaban J connectivity index is 2.35. The number of rotatable bonds is 0. The standard InChI is InChI=1S/C6H11BS2/c7-5-2-1-4(8)3-6(5)9/h4-6,8-9H,1-3H2. The van der Waals surface area contributed by atoms with E-state index in [0.29, 0.717) is 16.3 Å². The van der Waals surface area contributed by atoms with E-state index in [1.165, 1.54) is 0 Å². The molecule has 0 bridgehead atoms. The monoisotopic (exact) mass is 158 g/mol. The highest BCUT2D eigenvalue weighted by molar-refractivity contribution is 7.82. The average molecular weight is 158 g/mol. The van der Waals surface area contributed by atoms with Crippen molar-refractivity contribution >= 4 is 33.1 Å². The second-order valence-electron chi connectivity index (χ2n) is 2.70. The highest BCUT2D eigenvalue weighted by atomic mass is 32.1. The molecule has 3 heteroatoms. The van der Waals surface area contributed by atoms with Crippen LogP contribution in [-0.4, -0.2) is 18.3 Å². The summed E-state index contributed by atoms with van der Waals surface area (Å²) >= 11 is 8.70. The van der Waals surface area contributed by atoms with Crippen molar-refractivity contribution in [2.45, 2.75) is 35.6 Å². The normalized spacial score (nSPS) is 44.9. The van der Waals surface area contributed by atoms with E-state index < -0.39 is 0 Å². The summed E-state index contributed by atoms with van der Waals surface area (Å²) in [6.45, 7) is 0. The van der Waals surface area contributed by atoms with Crippen molar-refractivity contribution in [1.82, 2.24) is 0 Å². The molecule has 1 fully saturated rings. The van der Waals surface area contributed by atoms with Crippen molar-refractivity contribution in [3.8, 4) is 0 Å². The number of hydrogen-bond acceptors (Lipinski definition) is 2. The summed E-state index contributed by atoms with van der Waals surface area (Å²) in [5, 5.41) is 0.911. The van der Waals surface area contributed by atoms with Gasteiger partial charge in [0.15, 0.2) is 0 Å². The van der Waals surface area contributed by atoms with Crippen LogP contribution >= 0.6 is 25.3 Å². The van der Waals surface area contributed by atoms with E-state index in [2.05, 4.69) is 25.3 Å². The fraction of sp³-hybridized carbons (Fsp3) is 1.00. The second-order valence-corrected chi connectivity index (χ2v) is 4.09. The summed E-state index contributed by atoms with van der Waals surface area (Å²) in [5.41, 5.74) is 0. The molecule has 0 aromatic rings. The largest absolute Gasteiger partial charge is 0.176 e. The molecule has 9 heavy (non-hydrogen) atoms. The minimum absolute atomic E-state index is 0.303.